The Morgan fingerprint density at radius 1 is 1.32 bits per heavy atom. The van der Waals surface area contributed by atoms with Crippen molar-refractivity contribution in [2.24, 2.45) is 5.73 Å². The van der Waals surface area contributed by atoms with Crippen LogP contribution in [0.25, 0.3) is 0 Å². The fourth-order valence-electron chi connectivity index (χ4n) is 1.45. The lowest BCUT2D eigenvalue weighted by Gasteiger charge is -2.05. The van der Waals surface area contributed by atoms with Crippen LogP contribution in [0.15, 0.2) is 28.6 Å². The predicted octanol–water partition coefficient (Wildman–Crippen LogP) is 2.73. The summed E-state index contributed by atoms with van der Waals surface area (Å²) in [7, 11) is 0. The first-order valence-electron chi connectivity index (χ1n) is 6.19. The molecule has 4 nitrogen and oxygen atoms in total. The summed E-state index contributed by atoms with van der Waals surface area (Å²) in [4.78, 5) is 4.40. The minimum Gasteiger partial charge on any atom is -0.493 e. The number of thioether (sulfide) groups is 1. The quantitative estimate of drug-likeness (QED) is 0.628. The number of hydrogen-bond acceptors (Lipinski definition) is 6. The third-order valence-electron chi connectivity index (χ3n) is 2.50. The lowest BCUT2D eigenvalue weighted by molar-refractivity contribution is 0.344. The third-order valence-corrected chi connectivity index (χ3v) is 4.34. The van der Waals surface area contributed by atoms with E-state index in [9.17, 15) is 0 Å². The van der Waals surface area contributed by atoms with Gasteiger partial charge in [0.25, 0.3) is 0 Å². The summed E-state index contributed by atoms with van der Waals surface area (Å²) in [5.41, 5.74) is 6.66. The van der Waals surface area contributed by atoms with E-state index in [0.717, 1.165) is 33.7 Å². The Labute approximate surface area is 121 Å². The average Bonchev–Trinajstić information content (AvgIpc) is 2.92. The monoisotopic (exact) mass is 295 g/mol. The zero-order valence-electron chi connectivity index (χ0n) is 10.8. The predicted molar refractivity (Wildman–Crippen MR) is 79.8 cm³/mol. The second-order valence-electron chi connectivity index (χ2n) is 3.88. The molecule has 0 aliphatic carbocycles. The molecule has 2 rings (SSSR count). The molecule has 0 saturated carbocycles. The van der Waals surface area contributed by atoms with Crippen molar-refractivity contribution >= 4 is 23.3 Å². The van der Waals surface area contributed by atoms with Crippen LogP contribution in [0, 0.1) is 0 Å². The van der Waals surface area contributed by atoms with Gasteiger partial charge in [-0.2, -0.15) is 4.37 Å². The van der Waals surface area contributed by atoms with Crippen molar-refractivity contribution in [3.63, 3.8) is 0 Å². The number of aromatic nitrogens is 2. The molecule has 0 aliphatic heterocycles. The topological polar surface area (TPSA) is 61.0 Å². The summed E-state index contributed by atoms with van der Waals surface area (Å²) in [6.07, 6.45) is 0.890. The van der Waals surface area contributed by atoms with Crippen molar-refractivity contribution in [1.82, 2.24) is 9.36 Å². The fourth-order valence-corrected chi connectivity index (χ4v) is 3.03. The van der Waals surface area contributed by atoms with Gasteiger partial charge in [0.2, 0.25) is 0 Å². The highest BCUT2D eigenvalue weighted by Gasteiger charge is 2.02. The molecule has 1 aromatic heterocycles. The normalized spacial score (nSPS) is 10.6. The van der Waals surface area contributed by atoms with E-state index in [1.807, 2.05) is 24.3 Å². The average molecular weight is 295 g/mol. The molecule has 0 amide bonds. The standard InChI is InChI=1S/C13H17N3OS2/c1-2-12-15-13(19-16-12)18-8-7-17-11-5-3-10(9-14)4-6-11/h3-6H,2,7-9,14H2,1H3. The highest BCUT2D eigenvalue weighted by atomic mass is 32.2. The molecule has 0 radical (unpaired) electrons. The molecule has 1 aromatic carbocycles. The number of hydrogen-bond donors (Lipinski definition) is 1. The van der Waals surface area contributed by atoms with Gasteiger partial charge < -0.3 is 10.5 Å². The molecule has 0 bridgehead atoms. The molecule has 0 unspecified atom stereocenters. The molecule has 0 spiro atoms. The van der Waals surface area contributed by atoms with E-state index in [1.54, 1.807) is 11.8 Å². The molecule has 0 saturated heterocycles. The van der Waals surface area contributed by atoms with Crippen LogP contribution in [0.5, 0.6) is 5.75 Å². The smallest absolute Gasteiger partial charge is 0.170 e. The van der Waals surface area contributed by atoms with Crippen molar-refractivity contribution in [2.75, 3.05) is 12.4 Å². The van der Waals surface area contributed by atoms with Crippen molar-refractivity contribution < 1.29 is 4.74 Å². The van der Waals surface area contributed by atoms with Gasteiger partial charge in [0.1, 0.15) is 11.6 Å². The number of rotatable bonds is 7. The molecule has 6 heteroatoms. The first-order chi connectivity index (χ1) is 9.31. The van der Waals surface area contributed by atoms with Gasteiger partial charge in [0.05, 0.1) is 6.61 Å². The van der Waals surface area contributed by atoms with E-state index in [0.29, 0.717) is 13.2 Å². The second kappa shape index (κ2) is 7.47. The SMILES string of the molecule is CCc1nsc(SCCOc2ccc(CN)cc2)n1. The molecule has 0 fully saturated rings. The van der Waals surface area contributed by atoms with Crippen LogP contribution in [-0.2, 0) is 13.0 Å². The maximum atomic E-state index is 5.66. The Morgan fingerprint density at radius 3 is 2.74 bits per heavy atom. The highest BCUT2D eigenvalue weighted by Crippen LogP contribution is 2.20. The van der Waals surface area contributed by atoms with E-state index >= 15 is 0 Å². The molecule has 1 heterocycles. The molecular formula is C13H17N3OS2. The maximum Gasteiger partial charge on any atom is 0.170 e. The number of nitrogens with zero attached hydrogens (tertiary/aromatic N) is 2. The summed E-state index contributed by atoms with van der Waals surface area (Å²) in [6.45, 7) is 3.28. The lowest BCUT2D eigenvalue weighted by atomic mass is 10.2. The van der Waals surface area contributed by atoms with Crippen LogP contribution in [0.4, 0.5) is 0 Å². The molecule has 102 valence electrons. The van der Waals surface area contributed by atoms with Gasteiger partial charge in [-0.25, -0.2) is 4.98 Å². The molecular weight excluding hydrogens is 278 g/mol. The third kappa shape index (κ3) is 4.49. The van der Waals surface area contributed by atoms with Gasteiger partial charge in [-0.1, -0.05) is 30.8 Å². The van der Waals surface area contributed by atoms with E-state index in [1.165, 1.54) is 11.5 Å². The van der Waals surface area contributed by atoms with E-state index < -0.39 is 0 Å². The zero-order valence-corrected chi connectivity index (χ0v) is 12.5. The number of ether oxygens (including phenoxy) is 1. The number of nitrogens with two attached hydrogens (primary N) is 1. The fraction of sp³-hybridized carbons (Fsp3) is 0.385. The molecule has 0 atom stereocenters. The zero-order chi connectivity index (χ0) is 13.5. The van der Waals surface area contributed by atoms with Crippen molar-refractivity contribution in [2.45, 2.75) is 24.2 Å². The minimum atomic E-state index is 0.562. The maximum absolute atomic E-state index is 5.66. The highest BCUT2D eigenvalue weighted by molar-refractivity contribution is 8.00. The molecule has 19 heavy (non-hydrogen) atoms. The molecule has 0 aliphatic rings. The van der Waals surface area contributed by atoms with Crippen LogP contribution in [0.2, 0.25) is 0 Å². The Morgan fingerprint density at radius 2 is 2.11 bits per heavy atom. The Bertz CT molecular complexity index is 499. The van der Waals surface area contributed by atoms with Gasteiger partial charge in [-0.05, 0) is 29.2 Å². The van der Waals surface area contributed by atoms with Crippen LogP contribution >= 0.6 is 23.3 Å². The van der Waals surface area contributed by atoms with E-state index in [2.05, 4.69) is 16.3 Å². The van der Waals surface area contributed by atoms with Crippen molar-refractivity contribution in [3.8, 4) is 5.75 Å². The van der Waals surface area contributed by atoms with Gasteiger partial charge in [0.15, 0.2) is 4.34 Å². The van der Waals surface area contributed by atoms with Gasteiger partial charge in [0, 0.05) is 18.7 Å². The van der Waals surface area contributed by atoms with Crippen LogP contribution < -0.4 is 10.5 Å². The van der Waals surface area contributed by atoms with Gasteiger partial charge >= 0.3 is 0 Å². The minimum absolute atomic E-state index is 0.562. The van der Waals surface area contributed by atoms with Gasteiger partial charge in [-0.15, -0.1) is 0 Å². The Kier molecular flexibility index (Phi) is 5.62. The van der Waals surface area contributed by atoms with Crippen molar-refractivity contribution in [1.29, 1.82) is 0 Å². The van der Waals surface area contributed by atoms with Crippen LogP contribution in [0.1, 0.15) is 18.3 Å². The lowest BCUT2D eigenvalue weighted by Crippen LogP contribution is -2.01. The first kappa shape index (κ1) is 14.3. The summed E-state index contributed by atoms with van der Waals surface area (Å²) < 4.78 is 10.9. The summed E-state index contributed by atoms with van der Waals surface area (Å²) in [5, 5.41) is 0. The first-order valence-corrected chi connectivity index (χ1v) is 7.95. The largest absolute Gasteiger partial charge is 0.493 e. The summed E-state index contributed by atoms with van der Waals surface area (Å²) >= 11 is 3.14. The molecule has 2 aromatic rings. The van der Waals surface area contributed by atoms with E-state index in [4.69, 9.17) is 10.5 Å². The van der Waals surface area contributed by atoms with Crippen LogP contribution in [-0.4, -0.2) is 21.7 Å². The Balaban J connectivity index is 1.71. The van der Waals surface area contributed by atoms with Crippen molar-refractivity contribution in [3.05, 3.63) is 35.7 Å². The van der Waals surface area contributed by atoms with Crippen LogP contribution in [0.3, 0.4) is 0 Å². The second-order valence-corrected chi connectivity index (χ2v) is 5.97. The summed E-state index contributed by atoms with van der Waals surface area (Å²) in [5.74, 6) is 2.67. The van der Waals surface area contributed by atoms with E-state index in [-0.39, 0.29) is 0 Å². The number of benzene rings is 1. The summed E-state index contributed by atoms with van der Waals surface area (Å²) in [6, 6.07) is 7.88. The molecule has 2 N–H and O–H groups in total. The Hall–Kier alpha value is -1.11. The van der Waals surface area contributed by atoms with Gasteiger partial charge in [-0.3, -0.25) is 0 Å². The number of aryl methyl sites for hydroxylation is 1.